The Hall–Kier alpha value is -0.700. The van der Waals surface area contributed by atoms with Crippen molar-refractivity contribution in [2.75, 3.05) is 0 Å². The van der Waals surface area contributed by atoms with Gasteiger partial charge in [0.15, 0.2) is 0 Å². The van der Waals surface area contributed by atoms with Crippen molar-refractivity contribution in [1.29, 1.82) is 0 Å². The van der Waals surface area contributed by atoms with Crippen molar-refractivity contribution in [2.45, 2.75) is 31.3 Å². The minimum atomic E-state index is -4.29. The van der Waals surface area contributed by atoms with Crippen LogP contribution in [0.5, 0.6) is 0 Å². The molecular formula is C11H12ClF3. The summed E-state index contributed by atoms with van der Waals surface area (Å²) in [6.45, 7) is 3.58. The first-order chi connectivity index (χ1) is 6.82. The molecular weight excluding hydrogens is 225 g/mol. The average Bonchev–Trinajstić information content (AvgIpc) is 2.15. The molecule has 0 nitrogen and oxygen atoms in total. The summed E-state index contributed by atoms with van der Waals surface area (Å²) >= 11 is 5.85. The van der Waals surface area contributed by atoms with Gasteiger partial charge in [0.1, 0.15) is 0 Å². The zero-order valence-corrected chi connectivity index (χ0v) is 9.23. The van der Waals surface area contributed by atoms with E-state index in [9.17, 15) is 13.2 Å². The highest BCUT2D eigenvalue weighted by atomic mass is 35.5. The Morgan fingerprint density at radius 3 is 2.27 bits per heavy atom. The van der Waals surface area contributed by atoms with Crippen LogP contribution in [0.1, 0.15) is 30.9 Å². The van der Waals surface area contributed by atoms with E-state index in [0.29, 0.717) is 5.56 Å². The zero-order chi connectivity index (χ0) is 11.6. The van der Waals surface area contributed by atoms with Crippen LogP contribution in [0.3, 0.4) is 0 Å². The summed E-state index contributed by atoms with van der Waals surface area (Å²) < 4.78 is 37.2. The minimum Gasteiger partial charge on any atom is -0.166 e. The molecule has 1 aromatic carbocycles. The molecule has 1 aromatic rings. The Morgan fingerprint density at radius 1 is 1.20 bits per heavy atom. The molecule has 0 spiro atoms. The third-order valence-electron chi connectivity index (χ3n) is 2.43. The summed E-state index contributed by atoms with van der Waals surface area (Å²) in [6.07, 6.45) is -4.29. The smallest absolute Gasteiger partial charge is 0.166 e. The second kappa shape index (κ2) is 4.44. The van der Waals surface area contributed by atoms with Crippen LogP contribution >= 0.6 is 11.6 Å². The Bertz CT molecular complexity index is 331. The number of rotatable bonds is 2. The van der Waals surface area contributed by atoms with E-state index in [1.54, 1.807) is 13.0 Å². The SMILES string of the molecule is CC(Cl)C(C)c1cccc(C(F)(F)F)c1. The molecule has 0 aliphatic rings. The van der Waals surface area contributed by atoms with Crippen molar-refractivity contribution in [3.8, 4) is 0 Å². The van der Waals surface area contributed by atoms with Gasteiger partial charge in [-0.05, 0) is 24.5 Å². The maximum Gasteiger partial charge on any atom is 0.416 e. The normalized spacial score (nSPS) is 16.1. The van der Waals surface area contributed by atoms with Crippen LogP contribution in [-0.4, -0.2) is 5.38 Å². The average molecular weight is 237 g/mol. The summed E-state index contributed by atoms with van der Waals surface area (Å²) in [6, 6.07) is 5.30. The summed E-state index contributed by atoms with van der Waals surface area (Å²) in [4.78, 5) is 0. The maximum absolute atomic E-state index is 12.4. The van der Waals surface area contributed by atoms with Gasteiger partial charge >= 0.3 is 6.18 Å². The molecule has 0 N–H and O–H groups in total. The van der Waals surface area contributed by atoms with E-state index >= 15 is 0 Å². The Balaban J connectivity index is 3.03. The maximum atomic E-state index is 12.4. The van der Waals surface area contributed by atoms with Crippen LogP contribution in [-0.2, 0) is 6.18 Å². The van der Waals surface area contributed by atoms with E-state index in [2.05, 4.69) is 0 Å². The first-order valence-corrected chi connectivity index (χ1v) is 5.07. The summed E-state index contributed by atoms with van der Waals surface area (Å²) in [5, 5.41) is -0.187. The fraction of sp³-hybridized carbons (Fsp3) is 0.455. The molecule has 0 heterocycles. The molecule has 0 radical (unpaired) electrons. The van der Waals surface area contributed by atoms with Gasteiger partial charge in [-0.1, -0.05) is 25.1 Å². The van der Waals surface area contributed by atoms with Gasteiger partial charge in [0.25, 0.3) is 0 Å². The van der Waals surface area contributed by atoms with Crippen LogP contribution in [0.2, 0.25) is 0 Å². The van der Waals surface area contributed by atoms with Crippen molar-refractivity contribution in [2.24, 2.45) is 0 Å². The Labute approximate surface area is 92.1 Å². The lowest BCUT2D eigenvalue weighted by Gasteiger charge is -2.16. The van der Waals surface area contributed by atoms with E-state index < -0.39 is 11.7 Å². The molecule has 4 heteroatoms. The molecule has 0 aliphatic carbocycles. The molecule has 1 rings (SSSR count). The summed E-state index contributed by atoms with van der Waals surface area (Å²) in [5.74, 6) is -0.0889. The van der Waals surface area contributed by atoms with Crippen molar-refractivity contribution >= 4 is 11.6 Å². The monoisotopic (exact) mass is 236 g/mol. The topological polar surface area (TPSA) is 0 Å². The van der Waals surface area contributed by atoms with Gasteiger partial charge < -0.3 is 0 Å². The van der Waals surface area contributed by atoms with E-state index in [0.717, 1.165) is 12.1 Å². The van der Waals surface area contributed by atoms with Gasteiger partial charge in [0.2, 0.25) is 0 Å². The Kier molecular flexibility index (Phi) is 3.66. The molecule has 0 amide bonds. The molecule has 0 saturated heterocycles. The number of halogens is 4. The lowest BCUT2D eigenvalue weighted by atomic mass is 9.96. The van der Waals surface area contributed by atoms with Gasteiger partial charge in [0, 0.05) is 5.38 Å². The molecule has 84 valence electrons. The molecule has 2 atom stereocenters. The minimum absolute atomic E-state index is 0.0889. The summed E-state index contributed by atoms with van der Waals surface area (Å²) in [5.41, 5.74) is -0.00325. The van der Waals surface area contributed by atoms with E-state index in [1.165, 1.54) is 6.07 Å². The molecule has 0 aromatic heterocycles. The molecule has 0 bridgehead atoms. The first-order valence-electron chi connectivity index (χ1n) is 4.63. The predicted molar refractivity (Wildman–Crippen MR) is 55.2 cm³/mol. The van der Waals surface area contributed by atoms with Gasteiger partial charge in [-0.15, -0.1) is 11.6 Å². The zero-order valence-electron chi connectivity index (χ0n) is 8.48. The predicted octanol–water partition coefficient (Wildman–Crippen LogP) is 4.44. The molecule has 0 aliphatic heterocycles. The molecule has 0 saturated carbocycles. The lowest BCUT2D eigenvalue weighted by Crippen LogP contribution is -2.09. The highest BCUT2D eigenvalue weighted by molar-refractivity contribution is 6.20. The summed E-state index contributed by atoms with van der Waals surface area (Å²) in [7, 11) is 0. The van der Waals surface area contributed by atoms with Crippen LogP contribution < -0.4 is 0 Å². The van der Waals surface area contributed by atoms with Crippen LogP contribution in [0.15, 0.2) is 24.3 Å². The third-order valence-corrected chi connectivity index (χ3v) is 2.81. The second-order valence-corrected chi connectivity index (χ2v) is 4.28. The molecule has 2 unspecified atom stereocenters. The van der Waals surface area contributed by atoms with Crippen molar-refractivity contribution in [3.05, 3.63) is 35.4 Å². The molecule has 15 heavy (non-hydrogen) atoms. The second-order valence-electron chi connectivity index (χ2n) is 3.59. The lowest BCUT2D eigenvalue weighted by molar-refractivity contribution is -0.137. The van der Waals surface area contributed by atoms with Crippen LogP contribution in [0.25, 0.3) is 0 Å². The number of alkyl halides is 4. The van der Waals surface area contributed by atoms with Crippen molar-refractivity contribution < 1.29 is 13.2 Å². The number of hydrogen-bond donors (Lipinski definition) is 0. The highest BCUT2D eigenvalue weighted by Gasteiger charge is 2.30. The highest BCUT2D eigenvalue weighted by Crippen LogP contribution is 2.32. The van der Waals surface area contributed by atoms with E-state index in [1.807, 2.05) is 6.92 Å². The van der Waals surface area contributed by atoms with Crippen LogP contribution in [0.4, 0.5) is 13.2 Å². The quantitative estimate of drug-likeness (QED) is 0.666. The van der Waals surface area contributed by atoms with E-state index in [4.69, 9.17) is 11.6 Å². The number of hydrogen-bond acceptors (Lipinski definition) is 0. The van der Waals surface area contributed by atoms with Gasteiger partial charge in [0.05, 0.1) is 5.56 Å². The van der Waals surface area contributed by atoms with Gasteiger partial charge in [-0.2, -0.15) is 13.2 Å². The van der Waals surface area contributed by atoms with Gasteiger partial charge in [-0.3, -0.25) is 0 Å². The van der Waals surface area contributed by atoms with Crippen molar-refractivity contribution in [1.82, 2.24) is 0 Å². The fourth-order valence-electron chi connectivity index (χ4n) is 1.26. The fourth-order valence-corrected chi connectivity index (χ4v) is 1.41. The number of benzene rings is 1. The van der Waals surface area contributed by atoms with E-state index in [-0.39, 0.29) is 11.3 Å². The standard InChI is InChI=1S/C11H12ClF3/c1-7(8(2)12)9-4-3-5-10(6-9)11(13,14)15/h3-8H,1-2H3. The van der Waals surface area contributed by atoms with Crippen molar-refractivity contribution in [3.63, 3.8) is 0 Å². The molecule has 0 fully saturated rings. The largest absolute Gasteiger partial charge is 0.416 e. The third kappa shape index (κ3) is 3.13. The first kappa shape index (κ1) is 12.4. The Morgan fingerprint density at radius 2 is 1.80 bits per heavy atom. The van der Waals surface area contributed by atoms with Crippen LogP contribution in [0, 0.1) is 0 Å². The van der Waals surface area contributed by atoms with Gasteiger partial charge in [-0.25, -0.2) is 0 Å².